The summed E-state index contributed by atoms with van der Waals surface area (Å²) in [6.45, 7) is 4.61. The molecule has 2 heteroatoms. The van der Waals surface area contributed by atoms with Crippen LogP contribution in [-0.4, -0.2) is 11.7 Å². The Morgan fingerprint density at radius 1 is 1.00 bits per heavy atom. The van der Waals surface area contributed by atoms with Crippen molar-refractivity contribution in [2.24, 2.45) is 0 Å². The maximum absolute atomic E-state index is 10.7. The van der Waals surface area contributed by atoms with E-state index >= 15 is 0 Å². The van der Waals surface area contributed by atoms with Crippen LogP contribution in [-0.2, 0) is 4.74 Å². The van der Waals surface area contributed by atoms with Crippen molar-refractivity contribution in [2.75, 3.05) is 6.61 Å². The van der Waals surface area contributed by atoms with Gasteiger partial charge in [-0.25, -0.2) is 0 Å². The van der Waals surface area contributed by atoms with Crippen molar-refractivity contribution in [3.63, 3.8) is 0 Å². The molecule has 110 valence electrons. The summed E-state index contributed by atoms with van der Waals surface area (Å²) in [7, 11) is 0. The van der Waals surface area contributed by atoms with Gasteiger partial charge in [-0.15, -0.1) is 0 Å². The van der Waals surface area contributed by atoms with Crippen LogP contribution in [0.4, 0.5) is 0 Å². The fourth-order valence-electron chi connectivity index (χ4n) is 2.28. The van der Waals surface area contributed by atoms with E-state index in [-0.39, 0.29) is 5.92 Å². The molecule has 1 N–H and O–H groups in total. The highest BCUT2D eigenvalue weighted by Crippen LogP contribution is 2.32. The first kappa shape index (κ1) is 15.3. The molecule has 2 nitrogen and oxygen atoms in total. The molecular formula is C19H22O2. The molecule has 0 amide bonds. The molecule has 0 bridgehead atoms. The lowest BCUT2D eigenvalue weighted by Crippen LogP contribution is -2.09. The van der Waals surface area contributed by atoms with Crippen LogP contribution in [0, 0.1) is 6.92 Å². The Kier molecular flexibility index (Phi) is 5.59. The van der Waals surface area contributed by atoms with Crippen LogP contribution in [0.3, 0.4) is 0 Å². The van der Waals surface area contributed by atoms with Gasteiger partial charge in [-0.2, -0.15) is 0 Å². The van der Waals surface area contributed by atoms with Gasteiger partial charge in [-0.1, -0.05) is 60.2 Å². The summed E-state index contributed by atoms with van der Waals surface area (Å²) in [5.41, 5.74) is 3.17. The number of aliphatic hydroxyl groups is 1. The number of aliphatic hydroxyl groups excluding tert-OH is 1. The summed E-state index contributed by atoms with van der Waals surface area (Å²) in [5, 5.41) is 10.7. The lowest BCUT2D eigenvalue weighted by atomic mass is 9.89. The monoisotopic (exact) mass is 282 g/mol. The zero-order chi connectivity index (χ0) is 15.1. The average Bonchev–Trinajstić information content (AvgIpc) is 2.53. The lowest BCUT2D eigenvalue weighted by Gasteiger charge is -2.21. The maximum Gasteiger partial charge on any atom is 0.0894 e. The summed E-state index contributed by atoms with van der Waals surface area (Å²) in [4.78, 5) is 0. The molecule has 2 rings (SSSR count). The molecule has 2 unspecified atom stereocenters. The molecule has 2 aromatic rings. The van der Waals surface area contributed by atoms with E-state index in [2.05, 4.69) is 0 Å². The number of aryl methyl sites for hydroxylation is 1. The van der Waals surface area contributed by atoms with E-state index in [0.29, 0.717) is 6.61 Å². The van der Waals surface area contributed by atoms with Crippen molar-refractivity contribution in [3.8, 4) is 0 Å². The van der Waals surface area contributed by atoms with Gasteiger partial charge in [0, 0.05) is 5.92 Å². The predicted molar refractivity (Wildman–Crippen MR) is 86.1 cm³/mol. The Morgan fingerprint density at radius 3 is 2.29 bits per heavy atom. The summed E-state index contributed by atoms with van der Waals surface area (Å²) >= 11 is 0. The smallest absolute Gasteiger partial charge is 0.0894 e. The molecule has 0 aliphatic rings. The second-order valence-corrected chi connectivity index (χ2v) is 5.08. The van der Waals surface area contributed by atoms with E-state index in [1.165, 1.54) is 5.56 Å². The second kappa shape index (κ2) is 7.65. The van der Waals surface area contributed by atoms with Crippen molar-refractivity contribution in [3.05, 3.63) is 83.6 Å². The normalized spacial score (nSPS) is 14.0. The molecule has 0 fully saturated rings. The second-order valence-electron chi connectivity index (χ2n) is 5.08. The third-order valence-corrected chi connectivity index (χ3v) is 3.49. The minimum atomic E-state index is -0.593. The Balaban J connectivity index is 2.28. The SMILES string of the molecule is CCO/C=C\C(c1ccccc1)C(O)c1ccc(C)cc1. The summed E-state index contributed by atoms with van der Waals surface area (Å²) < 4.78 is 5.30. The quantitative estimate of drug-likeness (QED) is 0.798. The Hall–Kier alpha value is -2.06. The van der Waals surface area contributed by atoms with Crippen LogP contribution < -0.4 is 0 Å². The third kappa shape index (κ3) is 4.20. The molecule has 21 heavy (non-hydrogen) atoms. The maximum atomic E-state index is 10.7. The summed E-state index contributed by atoms with van der Waals surface area (Å²) in [6.07, 6.45) is 3.00. The van der Waals surface area contributed by atoms with Gasteiger partial charge in [0.15, 0.2) is 0 Å². The Labute approximate surface area is 126 Å². The highest BCUT2D eigenvalue weighted by Gasteiger charge is 2.20. The van der Waals surface area contributed by atoms with E-state index in [1.54, 1.807) is 6.26 Å². The fraction of sp³-hybridized carbons (Fsp3) is 0.263. The van der Waals surface area contributed by atoms with Crippen LogP contribution in [0.25, 0.3) is 0 Å². The van der Waals surface area contributed by atoms with E-state index in [0.717, 1.165) is 11.1 Å². The van der Waals surface area contributed by atoms with Gasteiger partial charge in [0.1, 0.15) is 0 Å². The standard InChI is InChI=1S/C19H22O2/c1-3-21-14-13-18(16-7-5-4-6-8-16)19(20)17-11-9-15(2)10-12-17/h4-14,18-20H,3H2,1-2H3/b14-13-. The number of hydrogen-bond acceptors (Lipinski definition) is 2. The highest BCUT2D eigenvalue weighted by atomic mass is 16.5. The van der Waals surface area contributed by atoms with Crippen LogP contribution in [0.15, 0.2) is 66.9 Å². The van der Waals surface area contributed by atoms with E-state index in [1.807, 2.05) is 74.5 Å². The number of benzene rings is 2. The zero-order valence-corrected chi connectivity index (χ0v) is 12.6. The largest absolute Gasteiger partial charge is 0.502 e. The number of hydrogen-bond donors (Lipinski definition) is 1. The first-order chi connectivity index (χ1) is 10.2. The van der Waals surface area contributed by atoms with Gasteiger partial charge in [-0.3, -0.25) is 0 Å². The van der Waals surface area contributed by atoms with Crippen LogP contribution in [0.5, 0.6) is 0 Å². The lowest BCUT2D eigenvalue weighted by molar-refractivity contribution is 0.159. The molecule has 0 aliphatic heterocycles. The minimum absolute atomic E-state index is 0.125. The van der Waals surface area contributed by atoms with E-state index in [9.17, 15) is 5.11 Å². The predicted octanol–water partition coefficient (Wildman–Crippen LogP) is 4.36. The first-order valence-corrected chi connectivity index (χ1v) is 7.30. The number of rotatable bonds is 6. The Morgan fingerprint density at radius 2 is 1.67 bits per heavy atom. The molecule has 0 saturated carbocycles. The van der Waals surface area contributed by atoms with Gasteiger partial charge in [0.25, 0.3) is 0 Å². The van der Waals surface area contributed by atoms with Crippen molar-refractivity contribution in [1.29, 1.82) is 0 Å². The van der Waals surface area contributed by atoms with Crippen molar-refractivity contribution < 1.29 is 9.84 Å². The minimum Gasteiger partial charge on any atom is -0.502 e. The van der Waals surface area contributed by atoms with Crippen LogP contribution >= 0.6 is 0 Å². The van der Waals surface area contributed by atoms with Gasteiger partial charge in [-0.05, 0) is 31.1 Å². The number of ether oxygens (including phenoxy) is 1. The fourth-order valence-corrected chi connectivity index (χ4v) is 2.28. The molecule has 0 heterocycles. The molecule has 0 aromatic heterocycles. The molecule has 2 atom stereocenters. The van der Waals surface area contributed by atoms with Gasteiger partial charge < -0.3 is 9.84 Å². The first-order valence-electron chi connectivity index (χ1n) is 7.30. The summed E-state index contributed by atoms with van der Waals surface area (Å²) in [5.74, 6) is -0.125. The summed E-state index contributed by atoms with van der Waals surface area (Å²) in [6, 6.07) is 18.0. The van der Waals surface area contributed by atoms with Crippen LogP contribution in [0.2, 0.25) is 0 Å². The van der Waals surface area contributed by atoms with E-state index < -0.39 is 6.10 Å². The van der Waals surface area contributed by atoms with Gasteiger partial charge in [0.2, 0.25) is 0 Å². The van der Waals surface area contributed by atoms with E-state index in [4.69, 9.17) is 4.74 Å². The molecule has 0 radical (unpaired) electrons. The van der Waals surface area contributed by atoms with Crippen LogP contribution in [0.1, 0.15) is 35.6 Å². The van der Waals surface area contributed by atoms with Crippen molar-refractivity contribution in [2.45, 2.75) is 25.9 Å². The molecular weight excluding hydrogens is 260 g/mol. The van der Waals surface area contributed by atoms with Crippen molar-refractivity contribution in [1.82, 2.24) is 0 Å². The average molecular weight is 282 g/mol. The Bertz CT molecular complexity index is 558. The molecule has 0 spiro atoms. The van der Waals surface area contributed by atoms with Gasteiger partial charge >= 0.3 is 0 Å². The topological polar surface area (TPSA) is 29.5 Å². The molecule has 2 aromatic carbocycles. The highest BCUT2D eigenvalue weighted by molar-refractivity contribution is 5.31. The molecule has 0 saturated heterocycles. The third-order valence-electron chi connectivity index (χ3n) is 3.49. The molecule has 0 aliphatic carbocycles. The van der Waals surface area contributed by atoms with Gasteiger partial charge in [0.05, 0.1) is 19.0 Å². The zero-order valence-electron chi connectivity index (χ0n) is 12.6. The van der Waals surface area contributed by atoms with Crippen molar-refractivity contribution >= 4 is 0 Å².